The number of rotatable bonds is 4. The fourth-order valence-corrected chi connectivity index (χ4v) is 3.41. The SMILES string of the molecule is Cc1cccc(NCCN=C2NSC3C=CC=CC2C3)n1. The molecular weight excluding hydrogens is 280 g/mol. The first kappa shape index (κ1) is 14.2. The van der Waals surface area contributed by atoms with Gasteiger partial charge in [-0.15, -0.1) is 0 Å². The molecule has 110 valence electrons. The van der Waals surface area contributed by atoms with E-state index in [-0.39, 0.29) is 0 Å². The molecule has 1 aliphatic heterocycles. The van der Waals surface area contributed by atoms with Gasteiger partial charge in [0, 0.05) is 23.4 Å². The topological polar surface area (TPSA) is 49.3 Å². The normalized spacial score (nSPS) is 25.5. The predicted molar refractivity (Wildman–Crippen MR) is 90.7 cm³/mol. The lowest BCUT2D eigenvalue weighted by atomic mass is 10.0. The molecule has 2 bridgehead atoms. The van der Waals surface area contributed by atoms with Crippen LogP contribution in [0.5, 0.6) is 0 Å². The predicted octanol–water partition coefficient (Wildman–Crippen LogP) is 2.95. The van der Waals surface area contributed by atoms with Crippen molar-refractivity contribution in [2.75, 3.05) is 18.4 Å². The van der Waals surface area contributed by atoms with Gasteiger partial charge in [-0.1, -0.05) is 30.4 Å². The summed E-state index contributed by atoms with van der Waals surface area (Å²) in [7, 11) is 0. The maximum absolute atomic E-state index is 4.70. The van der Waals surface area contributed by atoms with Crippen LogP contribution >= 0.6 is 11.9 Å². The summed E-state index contributed by atoms with van der Waals surface area (Å²) in [6.45, 7) is 3.54. The first-order chi connectivity index (χ1) is 10.3. The largest absolute Gasteiger partial charge is 0.368 e. The smallest absolute Gasteiger partial charge is 0.126 e. The van der Waals surface area contributed by atoms with E-state index < -0.39 is 0 Å². The van der Waals surface area contributed by atoms with E-state index in [0.29, 0.717) is 11.2 Å². The number of hydrogen-bond acceptors (Lipinski definition) is 4. The lowest BCUT2D eigenvalue weighted by molar-refractivity contribution is 0.738. The molecule has 2 unspecified atom stereocenters. The number of aryl methyl sites for hydroxylation is 1. The van der Waals surface area contributed by atoms with Gasteiger partial charge in [0.05, 0.1) is 6.54 Å². The highest BCUT2D eigenvalue weighted by atomic mass is 32.2. The first-order valence-corrected chi connectivity index (χ1v) is 8.18. The third-order valence-corrected chi connectivity index (χ3v) is 4.50. The molecule has 2 atom stereocenters. The summed E-state index contributed by atoms with van der Waals surface area (Å²) >= 11 is 1.76. The highest BCUT2D eigenvalue weighted by Gasteiger charge is 2.25. The van der Waals surface area contributed by atoms with Gasteiger partial charge in [-0.05, 0) is 37.4 Å². The fourth-order valence-electron chi connectivity index (χ4n) is 2.45. The molecule has 3 rings (SSSR count). The average Bonchev–Trinajstić information content (AvgIpc) is 2.68. The quantitative estimate of drug-likeness (QED) is 0.663. The molecule has 5 heteroatoms. The number of fused-ring (bicyclic) bond motifs is 2. The summed E-state index contributed by atoms with van der Waals surface area (Å²) in [5.74, 6) is 2.43. The molecular formula is C16H20N4S. The maximum Gasteiger partial charge on any atom is 0.126 e. The van der Waals surface area contributed by atoms with Crippen LogP contribution in [0, 0.1) is 12.8 Å². The Hall–Kier alpha value is -1.75. The van der Waals surface area contributed by atoms with Crippen molar-refractivity contribution < 1.29 is 0 Å². The lowest BCUT2D eigenvalue weighted by Gasteiger charge is -2.26. The van der Waals surface area contributed by atoms with E-state index in [4.69, 9.17) is 4.99 Å². The Morgan fingerprint density at radius 2 is 2.29 bits per heavy atom. The lowest BCUT2D eigenvalue weighted by Crippen LogP contribution is -2.34. The Morgan fingerprint density at radius 3 is 3.19 bits per heavy atom. The van der Waals surface area contributed by atoms with Crippen LogP contribution in [0.2, 0.25) is 0 Å². The zero-order valence-electron chi connectivity index (χ0n) is 12.1. The van der Waals surface area contributed by atoms with Crippen LogP contribution in [0.15, 0.2) is 47.5 Å². The molecule has 0 spiro atoms. The molecule has 2 heterocycles. The van der Waals surface area contributed by atoms with Crippen LogP contribution in [0.1, 0.15) is 12.1 Å². The minimum atomic E-state index is 0.420. The summed E-state index contributed by atoms with van der Waals surface area (Å²) in [5, 5.41) is 3.86. The highest BCUT2D eigenvalue weighted by molar-refractivity contribution is 7.98. The van der Waals surface area contributed by atoms with E-state index in [0.717, 1.165) is 36.9 Å². The van der Waals surface area contributed by atoms with Gasteiger partial charge in [0.2, 0.25) is 0 Å². The minimum Gasteiger partial charge on any atom is -0.368 e. The van der Waals surface area contributed by atoms with Gasteiger partial charge in [0.15, 0.2) is 0 Å². The second-order valence-corrected chi connectivity index (χ2v) is 6.27. The maximum atomic E-state index is 4.70. The van der Waals surface area contributed by atoms with Crippen molar-refractivity contribution in [1.29, 1.82) is 0 Å². The van der Waals surface area contributed by atoms with E-state index in [1.54, 1.807) is 11.9 Å². The van der Waals surface area contributed by atoms with E-state index in [9.17, 15) is 0 Å². The summed E-state index contributed by atoms with van der Waals surface area (Å²) < 4.78 is 3.39. The molecule has 21 heavy (non-hydrogen) atoms. The molecule has 2 N–H and O–H groups in total. The van der Waals surface area contributed by atoms with Crippen LogP contribution in [0.4, 0.5) is 5.82 Å². The Balaban J connectivity index is 1.52. The molecule has 0 saturated carbocycles. The van der Waals surface area contributed by atoms with Crippen LogP contribution in [0.25, 0.3) is 0 Å². The summed E-state index contributed by atoms with van der Waals surface area (Å²) in [5.41, 5.74) is 1.03. The van der Waals surface area contributed by atoms with Crippen LogP contribution < -0.4 is 10.0 Å². The van der Waals surface area contributed by atoms with Crippen molar-refractivity contribution in [3.63, 3.8) is 0 Å². The van der Waals surface area contributed by atoms with Crippen molar-refractivity contribution in [2.45, 2.75) is 18.6 Å². The van der Waals surface area contributed by atoms with Crippen molar-refractivity contribution in [3.05, 3.63) is 48.2 Å². The van der Waals surface area contributed by atoms with Crippen LogP contribution in [-0.4, -0.2) is 29.2 Å². The Bertz CT molecular complexity index is 579. The van der Waals surface area contributed by atoms with Gasteiger partial charge in [-0.3, -0.25) is 4.99 Å². The fraction of sp³-hybridized carbons (Fsp3) is 0.375. The number of pyridine rings is 1. The molecule has 1 saturated heterocycles. The number of hydrogen-bond donors (Lipinski definition) is 2. The third kappa shape index (κ3) is 3.88. The monoisotopic (exact) mass is 300 g/mol. The number of nitrogens with one attached hydrogen (secondary N) is 2. The van der Waals surface area contributed by atoms with Crippen LogP contribution in [0.3, 0.4) is 0 Å². The molecule has 1 aliphatic carbocycles. The number of aromatic nitrogens is 1. The molecule has 4 nitrogen and oxygen atoms in total. The zero-order valence-corrected chi connectivity index (χ0v) is 12.9. The second kappa shape index (κ2) is 6.80. The standard InChI is InChI=1S/C16H20N4S/c1-12-5-4-8-15(19-12)17-9-10-18-16-13-6-2-3-7-14(11-13)21-20-16/h2-8,13-14H,9-11H2,1H3,(H,17,19)(H,18,20). The van der Waals surface area contributed by atoms with Gasteiger partial charge in [0.25, 0.3) is 0 Å². The molecule has 1 aromatic rings. The zero-order chi connectivity index (χ0) is 14.5. The molecule has 1 aromatic heterocycles. The van der Waals surface area contributed by atoms with E-state index in [1.807, 2.05) is 25.1 Å². The second-order valence-electron chi connectivity index (χ2n) is 5.23. The summed E-state index contributed by atoms with van der Waals surface area (Å²) in [6.07, 6.45) is 9.87. The van der Waals surface area contributed by atoms with Gasteiger partial charge in [-0.25, -0.2) is 4.98 Å². The van der Waals surface area contributed by atoms with Gasteiger partial charge in [0.1, 0.15) is 11.7 Å². The molecule has 2 aliphatic rings. The Kier molecular flexibility index (Phi) is 4.60. The number of nitrogens with zero attached hydrogens (tertiary/aromatic N) is 2. The van der Waals surface area contributed by atoms with Crippen molar-refractivity contribution >= 4 is 23.6 Å². The van der Waals surface area contributed by atoms with E-state index in [1.165, 1.54) is 0 Å². The number of aliphatic imine (C=N–C) groups is 1. The van der Waals surface area contributed by atoms with Gasteiger partial charge >= 0.3 is 0 Å². The summed E-state index contributed by atoms with van der Waals surface area (Å²) in [4.78, 5) is 9.12. The van der Waals surface area contributed by atoms with Crippen molar-refractivity contribution in [2.24, 2.45) is 10.9 Å². The third-order valence-electron chi connectivity index (χ3n) is 3.52. The number of amidine groups is 1. The first-order valence-electron chi connectivity index (χ1n) is 7.30. The van der Waals surface area contributed by atoms with E-state index >= 15 is 0 Å². The van der Waals surface area contributed by atoms with Crippen molar-refractivity contribution in [3.8, 4) is 0 Å². The Labute approximate surface area is 130 Å². The average molecular weight is 300 g/mol. The number of allylic oxidation sites excluding steroid dienone is 2. The molecule has 0 amide bonds. The molecule has 0 aromatic carbocycles. The van der Waals surface area contributed by atoms with Gasteiger partial charge in [-0.2, -0.15) is 0 Å². The van der Waals surface area contributed by atoms with Crippen molar-refractivity contribution in [1.82, 2.24) is 9.71 Å². The molecule has 1 fully saturated rings. The Morgan fingerprint density at radius 1 is 1.38 bits per heavy atom. The van der Waals surface area contributed by atoms with Crippen LogP contribution in [-0.2, 0) is 0 Å². The highest BCUT2D eigenvalue weighted by Crippen LogP contribution is 2.28. The molecule has 0 radical (unpaired) electrons. The summed E-state index contributed by atoms with van der Waals surface area (Å²) in [6, 6.07) is 6.00. The number of anilines is 1. The van der Waals surface area contributed by atoms with Gasteiger partial charge < -0.3 is 10.0 Å². The minimum absolute atomic E-state index is 0.420. The van der Waals surface area contributed by atoms with E-state index in [2.05, 4.69) is 39.3 Å².